The standard InChI is InChI=1S/C11H14F3NO/c1-6-4-8(5-7(2)9(6)15)10(3,16)11(12,13)14/h4-5,16H,15H2,1-3H3. The average Bonchev–Trinajstić information content (AvgIpc) is 2.11. The first-order valence-corrected chi connectivity index (χ1v) is 4.73. The molecule has 90 valence electrons. The van der Waals surface area contributed by atoms with Crippen LogP contribution < -0.4 is 5.73 Å². The van der Waals surface area contributed by atoms with Gasteiger partial charge in [-0.15, -0.1) is 0 Å². The van der Waals surface area contributed by atoms with Crippen molar-refractivity contribution in [3.63, 3.8) is 0 Å². The quantitative estimate of drug-likeness (QED) is 0.732. The Balaban J connectivity index is 3.35. The predicted octanol–water partition coefficient (Wildman–Crippen LogP) is 2.66. The van der Waals surface area contributed by atoms with Crippen LogP contribution in [0.15, 0.2) is 12.1 Å². The van der Waals surface area contributed by atoms with E-state index in [1.807, 2.05) is 0 Å². The monoisotopic (exact) mass is 233 g/mol. The molecule has 0 aliphatic rings. The second-order valence-corrected chi connectivity index (χ2v) is 4.09. The van der Waals surface area contributed by atoms with Gasteiger partial charge in [0.1, 0.15) is 0 Å². The van der Waals surface area contributed by atoms with Gasteiger partial charge < -0.3 is 10.8 Å². The molecule has 0 aliphatic heterocycles. The maximum absolute atomic E-state index is 12.6. The zero-order valence-corrected chi connectivity index (χ0v) is 9.31. The van der Waals surface area contributed by atoms with E-state index < -0.39 is 11.8 Å². The molecule has 1 atom stereocenters. The Labute approximate surface area is 91.9 Å². The van der Waals surface area contributed by atoms with Crippen LogP contribution in [0.3, 0.4) is 0 Å². The fourth-order valence-corrected chi connectivity index (χ4v) is 1.42. The van der Waals surface area contributed by atoms with Crippen molar-refractivity contribution in [3.05, 3.63) is 28.8 Å². The number of anilines is 1. The van der Waals surface area contributed by atoms with E-state index in [0.29, 0.717) is 16.8 Å². The van der Waals surface area contributed by atoms with Crippen LogP contribution in [0.2, 0.25) is 0 Å². The molecule has 16 heavy (non-hydrogen) atoms. The molecule has 0 aliphatic carbocycles. The van der Waals surface area contributed by atoms with Crippen molar-refractivity contribution in [2.24, 2.45) is 0 Å². The van der Waals surface area contributed by atoms with Gasteiger partial charge in [0.15, 0.2) is 5.60 Å². The Morgan fingerprint density at radius 2 is 1.50 bits per heavy atom. The van der Waals surface area contributed by atoms with Crippen LogP contribution >= 0.6 is 0 Å². The molecule has 0 bridgehead atoms. The van der Waals surface area contributed by atoms with Gasteiger partial charge in [0.25, 0.3) is 0 Å². The summed E-state index contributed by atoms with van der Waals surface area (Å²) in [6.07, 6.45) is -4.71. The van der Waals surface area contributed by atoms with E-state index in [1.165, 1.54) is 12.1 Å². The Bertz CT molecular complexity index is 387. The molecule has 1 rings (SSSR count). The third kappa shape index (κ3) is 2.00. The summed E-state index contributed by atoms with van der Waals surface area (Å²) in [5.74, 6) is 0. The fraction of sp³-hybridized carbons (Fsp3) is 0.455. The molecule has 0 aromatic heterocycles. The van der Waals surface area contributed by atoms with E-state index in [1.54, 1.807) is 13.8 Å². The smallest absolute Gasteiger partial charge is 0.398 e. The van der Waals surface area contributed by atoms with Crippen molar-refractivity contribution in [2.45, 2.75) is 32.5 Å². The highest BCUT2D eigenvalue weighted by molar-refractivity contribution is 5.55. The van der Waals surface area contributed by atoms with Crippen LogP contribution in [-0.4, -0.2) is 11.3 Å². The minimum absolute atomic E-state index is 0.191. The van der Waals surface area contributed by atoms with Gasteiger partial charge in [-0.25, -0.2) is 0 Å². The molecule has 1 aromatic carbocycles. The third-order valence-electron chi connectivity index (χ3n) is 2.71. The maximum atomic E-state index is 12.6. The summed E-state index contributed by atoms with van der Waals surface area (Å²) in [4.78, 5) is 0. The second kappa shape index (κ2) is 3.66. The first-order chi connectivity index (χ1) is 7.07. The summed E-state index contributed by atoms with van der Waals surface area (Å²) in [5, 5.41) is 9.50. The molecular weight excluding hydrogens is 219 g/mol. The summed E-state index contributed by atoms with van der Waals surface area (Å²) in [7, 11) is 0. The zero-order chi connectivity index (χ0) is 12.7. The van der Waals surface area contributed by atoms with Gasteiger partial charge in [-0.3, -0.25) is 0 Å². The maximum Gasteiger partial charge on any atom is 0.421 e. The molecule has 0 radical (unpaired) electrons. The van der Waals surface area contributed by atoms with Crippen LogP contribution in [0, 0.1) is 13.8 Å². The molecule has 0 saturated heterocycles. The number of halogens is 3. The van der Waals surface area contributed by atoms with E-state index >= 15 is 0 Å². The lowest BCUT2D eigenvalue weighted by atomic mass is 9.91. The van der Waals surface area contributed by atoms with E-state index in [0.717, 1.165) is 6.92 Å². The van der Waals surface area contributed by atoms with Crippen LogP contribution in [0.1, 0.15) is 23.6 Å². The number of aliphatic hydroxyl groups is 1. The molecular formula is C11H14F3NO. The molecule has 0 heterocycles. The molecule has 0 saturated carbocycles. The van der Waals surface area contributed by atoms with E-state index in [4.69, 9.17) is 5.73 Å². The number of benzene rings is 1. The number of aryl methyl sites for hydroxylation is 2. The molecule has 1 aromatic rings. The normalized spacial score (nSPS) is 15.9. The minimum atomic E-state index is -4.71. The number of nitrogens with two attached hydrogens (primary N) is 1. The second-order valence-electron chi connectivity index (χ2n) is 4.09. The average molecular weight is 233 g/mol. The van der Waals surface area contributed by atoms with Gasteiger partial charge in [-0.1, -0.05) is 12.1 Å². The number of rotatable bonds is 1. The third-order valence-corrected chi connectivity index (χ3v) is 2.71. The van der Waals surface area contributed by atoms with Crippen LogP contribution in [0.25, 0.3) is 0 Å². The van der Waals surface area contributed by atoms with Crippen LogP contribution in [0.4, 0.5) is 18.9 Å². The zero-order valence-electron chi connectivity index (χ0n) is 9.31. The Hall–Kier alpha value is -1.23. The van der Waals surface area contributed by atoms with Crippen molar-refractivity contribution in [3.8, 4) is 0 Å². The van der Waals surface area contributed by atoms with Crippen molar-refractivity contribution in [2.75, 3.05) is 5.73 Å². The van der Waals surface area contributed by atoms with E-state index in [9.17, 15) is 18.3 Å². The number of hydrogen-bond acceptors (Lipinski definition) is 2. The van der Waals surface area contributed by atoms with E-state index in [2.05, 4.69) is 0 Å². The minimum Gasteiger partial charge on any atom is -0.398 e. The summed E-state index contributed by atoms with van der Waals surface area (Å²) in [6.45, 7) is 3.95. The number of nitrogen functional groups attached to an aromatic ring is 1. The first-order valence-electron chi connectivity index (χ1n) is 4.73. The number of hydrogen-bond donors (Lipinski definition) is 2. The van der Waals surface area contributed by atoms with Gasteiger partial charge >= 0.3 is 6.18 Å². The fourth-order valence-electron chi connectivity index (χ4n) is 1.42. The van der Waals surface area contributed by atoms with Crippen molar-refractivity contribution in [1.82, 2.24) is 0 Å². The van der Waals surface area contributed by atoms with Gasteiger partial charge in [-0.2, -0.15) is 13.2 Å². The lowest BCUT2D eigenvalue weighted by Crippen LogP contribution is -2.39. The highest BCUT2D eigenvalue weighted by atomic mass is 19.4. The topological polar surface area (TPSA) is 46.2 Å². The highest BCUT2D eigenvalue weighted by Crippen LogP contribution is 2.39. The Kier molecular flexibility index (Phi) is 2.94. The highest BCUT2D eigenvalue weighted by Gasteiger charge is 2.51. The van der Waals surface area contributed by atoms with E-state index in [-0.39, 0.29) is 5.56 Å². The molecule has 3 N–H and O–H groups in total. The SMILES string of the molecule is Cc1cc(C(C)(O)C(F)(F)F)cc(C)c1N. The Morgan fingerprint density at radius 1 is 1.12 bits per heavy atom. The van der Waals surface area contributed by atoms with Crippen molar-refractivity contribution in [1.29, 1.82) is 0 Å². The summed E-state index contributed by atoms with van der Waals surface area (Å²) in [5.41, 5.74) is 4.10. The lowest BCUT2D eigenvalue weighted by Gasteiger charge is -2.27. The van der Waals surface area contributed by atoms with Gasteiger partial charge in [0, 0.05) is 5.69 Å². The lowest BCUT2D eigenvalue weighted by molar-refractivity contribution is -0.258. The molecule has 0 fully saturated rings. The molecule has 1 unspecified atom stereocenters. The van der Waals surface area contributed by atoms with Crippen LogP contribution in [-0.2, 0) is 5.60 Å². The van der Waals surface area contributed by atoms with Gasteiger partial charge in [-0.05, 0) is 37.5 Å². The van der Waals surface area contributed by atoms with Crippen LogP contribution in [0.5, 0.6) is 0 Å². The first kappa shape index (κ1) is 12.8. The van der Waals surface area contributed by atoms with Gasteiger partial charge in [0.2, 0.25) is 0 Å². The molecule has 5 heteroatoms. The largest absolute Gasteiger partial charge is 0.421 e. The molecule has 2 nitrogen and oxygen atoms in total. The molecule has 0 amide bonds. The summed E-state index contributed by atoms with van der Waals surface area (Å²) < 4.78 is 37.8. The summed E-state index contributed by atoms with van der Waals surface area (Å²) in [6, 6.07) is 2.52. The van der Waals surface area contributed by atoms with Gasteiger partial charge in [0.05, 0.1) is 0 Å². The summed E-state index contributed by atoms with van der Waals surface area (Å²) >= 11 is 0. The van der Waals surface area contributed by atoms with Crippen molar-refractivity contribution >= 4 is 5.69 Å². The molecule has 0 spiro atoms. The van der Waals surface area contributed by atoms with Crippen molar-refractivity contribution < 1.29 is 18.3 Å². The Morgan fingerprint density at radius 3 is 1.81 bits per heavy atom. The number of alkyl halides is 3. The predicted molar refractivity (Wildman–Crippen MR) is 56.0 cm³/mol.